The molecule has 1 aromatic heterocycles. The zero-order chi connectivity index (χ0) is 16.7. The first-order valence-electron chi connectivity index (χ1n) is 8.24. The van der Waals surface area contributed by atoms with Crippen LogP contribution in [0.1, 0.15) is 42.6 Å². The predicted molar refractivity (Wildman–Crippen MR) is 96.2 cm³/mol. The molecule has 0 fully saturated rings. The molecule has 0 radical (unpaired) electrons. The number of pyridine rings is 1. The summed E-state index contributed by atoms with van der Waals surface area (Å²) in [5, 5.41) is 3.26. The van der Waals surface area contributed by atoms with Crippen molar-refractivity contribution in [2.45, 2.75) is 33.6 Å². The van der Waals surface area contributed by atoms with Gasteiger partial charge in [0, 0.05) is 25.0 Å². The molecule has 0 aliphatic carbocycles. The Hall–Kier alpha value is -2.36. The van der Waals surface area contributed by atoms with Gasteiger partial charge in [-0.25, -0.2) is 4.98 Å². The molecule has 0 spiro atoms. The molecule has 4 nitrogen and oxygen atoms in total. The van der Waals surface area contributed by atoms with Crippen molar-refractivity contribution in [1.82, 2.24) is 4.98 Å². The maximum Gasteiger partial charge on any atom is 0.259 e. The molecule has 0 unspecified atom stereocenters. The highest BCUT2D eigenvalue weighted by molar-refractivity contribution is 6.06. The highest BCUT2D eigenvalue weighted by Crippen LogP contribution is 2.18. The van der Waals surface area contributed by atoms with E-state index in [1.165, 1.54) is 0 Å². The number of aromatic nitrogens is 1. The molecule has 23 heavy (non-hydrogen) atoms. The number of nitrogens with zero attached hydrogens (tertiary/aromatic N) is 2. The minimum absolute atomic E-state index is 0.0225. The van der Waals surface area contributed by atoms with E-state index < -0.39 is 0 Å². The van der Waals surface area contributed by atoms with Gasteiger partial charge in [0.2, 0.25) is 0 Å². The number of benzene rings is 1. The van der Waals surface area contributed by atoms with Crippen LogP contribution >= 0.6 is 0 Å². The first-order chi connectivity index (χ1) is 11.2. The summed E-state index contributed by atoms with van der Waals surface area (Å²) in [6.45, 7) is 7.69. The van der Waals surface area contributed by atoms with E-state index in [0.29, 0.717) is 12.1 Å². The van der Waals surface area contributed by atoms with Crippen LogP contribution in [0.2, 0.25) is 0 Å². The van der Waals surface area contributed by atoms with E-state index in [-0.39, 0.29) is 5.91 Å². The summed E-state index contributed by atoms with van der Waals surface area (Å²) in [7, 11) is 0. The van der Waals surface area contributed by atoms with Gasteiger partial charge in [0.25, 0.3) is 5.91 Å². The van der Waals surface area contributed by atoms with Gasteiger partial charge in [-0.15, -0.1) is 0 Å². The van der Waals surface area contributed by atoms with Crippen molar-refractivity contribution in [3.05, 3.63) is 53.7 Å². The van der Waals surface area contributed by atoms with Crippen molar-refractivity contribution in [2.24, 2.45) is 0 Å². The molecule has 0 saturated carbocycles. The molecule has 1 aromatic carbocycles. The van der Waals surface area contributed by atoms with Gasteiger partial charge in [-0.2, -0.15) is 0 Å². The van der Waals surface area contributed by atoms with Crippen LogP contribution in [0, 0.1) is 6.92 Å². The van der Waals surface area contributed by atoms with Crippen LogP contribution in [0.15, 0.2) is 42.6 Å². The second-order valence-corrected chi connectivity index (χ2v) is 5.60. The SMILES string of the molecule is CCCCNc1ccc(C(=O)N(CC)c2cccc(C)c2)cn1. The van der Waals surface area contributed by atoms with Crippen molar-refractivity contribution >= 4 is 17.4 Å². The molecular weight excluding hydrogens is 286 g/mol. The first-order valence-corrected chi connectivity index (χ1v) is 8.24. The molecular formula is C19H25N3O. The molecule has 0 atom stereocenters. The third-order valence-corrected chi connectivity index (χ3v) is 3.72. The van der Waals surface area contributed by atoms with E-state index in [0.717, 1.165) is 36.5 Å². The summed E-state index contributed by atoms with van der Waals surface area (Å²) < 4.78 is 0. The number of anilines is 2. The highest BCUT2D eigenvalue weighted by atomic mass is 16.2. The lowest BCUT2D eigenvalue weighted by Crippen LogP contribution is -2.30. The third-order valence-electron chi connectivity index (χ3n) is 3.72. The molecule has 1 heterocycles. The quantitative estimate of drug-likeness (QED) is 0.777. The third kappa shape index (κ3) is 4.55. The number of hydrogen-bond acceptors (Lipinski definition) is 3. The number of hydrogen-bond donors (Lipinski definition) is 1. The molecule has 4 heteroatoms. The van der Waals surface area contributed by atoms with Crippen molar-refractivity contribution in [3.8, 4) is 0 Å². The molecule has 1 N–H and O–H groups in total. The van der Waals surface area contributed by atoms with Crippen molar-refractivity contribution in [3.63, 3.8) is 0 Å². The van der Waals surface area contributed by atoms with Crippen molar-refractivity contribution < 1.29 is 4.79 Å². The van der Waals surface area contributed by atoms with Crippen molar-refractivity contribution in [1.29, 1.82) is 0 Å². The maximum atomic E-state index is 12.7. The van der Waals surface area contributed by atoms with Gasteiger partial charge in [0.1, 0.15) is 5.82 Å². The largest absolute Gasteiger partial charge is 0.370 e. The van der Waals surface area contributed by atoms with Gasteiger partial charge in [-0.1, -0.05) is 25.5 Å². The van der Waals surface area contributed by atoms with Crippen LogP contribution in [0.25, 0.3) is 0 Å². The standard InChI is InChI=1S/C19H25N3O/c1-4-6-12-20-18-11-10-16(14-21-18)19(23)22(5-2)17-9-7-8-15(3)13-17/h7-11,13-14H,4-6,12H2,1-3H3,(H,20,21). The molecule has 0 saturated heterocycles. The number of nitrogens with one attached hydrogen (secondary N) is 1. The van der Waals surface area contributed by atoms with Gasteiger partial charge < -0.3 is 10.2 Å². The minimum atomic E-state index is -0.0225. The van der Waals surface area contributed by atoms with E-state index in [1.807, 2.05) is 50.2 Å². The van der Waals surface area contributed by atoms with Crippen LogP contribution in [-0.2, 0) is 0 Å². The van der Waals surface area contributed by atoms with Gasteiger partial charge in [-0.05, 0) is 50.1 Å². The number of aryl methyl sites for hydroxylation is 1. The second-order valence-electron chi connectivity index (χ2n) is 5.60. The topological polar surface area (TPSA) is 45.2 Å². The summed E-state index contributed by atoms with van der Waals surface area (Å²) >= 11 is 0. The maximum absolute atomic E-state index is 12.7. The molecule has 2 rings (SSSR count). The number of carbonyl (C=O) groups is 1. The van der Waals surface area contributed by atoms with E-state index in [1.54, 1.807) is 11.1 Å². The number of unbranched alkanes of at least 4 members (excludes halogenated alkanes) is 1. The number of carbonyl (C=O) groups excluding carboxylic acids is 1. The van der Waals surface area contributed by atoms with E-state index in [9.17, 15) is 4.79 Å². The monoisotopic (exact) mass is 311 g/mol. The summed E-state index contributed by atoms with van der Waals surface area (Å²) in [4.78, 5) is 18.8. The second kappa shape index (κ2) is 8.32. The lowest BCUT2D eigenvalue weighted by atomic mass is 10.1. The molecule has 1 amide bonds. The molecule has 2 aromatic rings. The molecule has 0 bridgehead atoms. The van der Waals surface area contributed by atoms with Gasteiger partial charge in [0.15, 0.2) is 0 Å². The van der Waals surface area contributed by atoms with Gasteiger partial charge in [-0.3, -0.25) is 4.79 Å². The van der Waals surface area contributed by atoms with Crippen LogP contribution in [0.4, 0.5) is 11.5 Å². The van der Waals surface area contributed by atoms with Gasteiger partial charge in [0.05, 0.1) is 5.56 Å². The molecule has 0 aliphatic heterocycles. The zero-order valence-electron chi connectivity index (χ0n) is 14.2. The first kappa shape index (κ1) is 17.0. The fourth-order valence-electron chi connectivity index (χ4n) is 2.41. The van der Waals surface area contributed by atoms with Crippen molar-refractivity contribution in [2.75, 3.05) is 23.3 Å². The van der Waals surface area contributed by atoms with Crippen LogP contribution in [0.5, 0.6) is 0 Å². The Morgan fingerprint density at radius 1 is 1.22 bits per heavy atom. The predicted octanol–water partition coefficient (Wildman–Crippen LogP) is 4.27. The highest BCUT2D eigenvalue weighted by Gasteiger charge is 2.16. The van der Waals surface area contributed by atoms with Crippen LogP contribution in [-0.4, -0.2) is 24.0 Å². The average Bonchev–Trinajstić information content (AvgIpc) is 2.56. The fourth-order valence-corrected chi connectivity index (χ4v) is 2.41. The Balaban J connectivity index is 2.11. The molecule has 122 valence electrons. The summed E-state index contributed by atoms with van der Waals surface area (Å²) in [5.41, 5.74) is 2.67. The van der Waals surface area contributed by atoms with E-state index in [4.69, 9.17) is 0 Å². The van der Waals surface area contributed by atoms with Crippen LogP contribution < -0.4 is 10.2 Å². The minimum Gasteiger partial charge on any atom is -0.370 e. The Kier molecular flexibility index (Phi) is 6.15. The van der Waals surface area contributed by atoms with Gasteiger partial charge >= 0.3 is 0 Å². The number of rotatable bonds is 7. The Morgan fingerprint density at radius 2 is 2.04 bits per heavy atom. The average molecular weight is 311 g/mol. The summed E-state index contributed by atoms with van der Waals surface area (Å²) in [5.74, 6) is 0.791. The lowest BCUT2D eigenvalue weighted by molar-refractivity contribution is 0.0988. The zero-order valence-corrected chi connectivity index (χ0v) is 14.2. The normalized spacial score (nSPS) is 10.4. The Bertz CT molecular complexity index is 637. The Morgan fingerprint density at radius 3 is 2.65 bits per heavy atom. The van der Waals surface area contributed by atoms with E-state index in [2.05, 4.69) is 17.2 Å². The summed E-state index contributed by atoms with van der Waals surface area (Å²) in [6.07, 6.45) is 3.90. The smallest absolute Gasteiger partial charge is 0.259 e. The Labute approximate surface area is 138 Å². The van der Waals surface area contributed by atoms with E-state index >= 15 is 0 Å². The summed E-state index contributed by atoms with van der Waals surface area (Å²) in [6, 6.07) is 11.7. The number of amides is 1. The lowest BCUT2D eigenvalue weighted by Gasteiger charge is -2.21. The molecule has 0 aliphatic rings. The van der Waals surface area contributed by atoms with Crippen LogP contribution in [0.3, 0.4) is 0 Å². The fraction of sp³-hybridized carbons (Fsp3) is 0.368.